The normalized spacial score (nSPS) is 17.1. The molecule has 1 atom stereocenters. The van der Waals surface area contributed by atoms with Crippen LogP contribution in [0.2, 0.25) is 0 Å². The first kappa shape index (κ1) is 21.4. The van der Waals surface area contributed by atoms with E-state index in [0.717, 1.165) is 13.1 Å². The smallest absolute Gasteiger partial charge is 0.263 e. The lowest BCUT2D eigenvalue weighted by Crippen LogP contribution is -2.30. The fourth-order valence-electron chi connectivity index (χ4n) is 3.34. The van der Waals surface area contributed by atoms with E-state index in [1.807, 2.05) is 4.72 Å². The maximum Gasteiger partial charge on any atom is 0.263 e. The topological polar surface area (TPSA) is 71.2 Å². The minimum atomic E-state index is -4.31. The molecule has 1 unspecified atom stereocenters. The molecular weight excluding hydrogens is 419 g/mol. The lowest BCUT2D eigenvalue weighted by Gasteiger charge is -2.27. The number of alkyl halides is 3. The second kappa shape index (κ2) is 7.85. The second-order valence-corrected chi connectivity index (χ2v) is 8.56. The Hall–Kier alpha value is -2.30. The molecule has 2 aromatic rings. The monoisotopic (exact) mass is 438 g/mol. The molecule has 1 heterocycles. The summed E-state index contributed by atoms with van der Waals surface area (Å²) < 4.78 is 99.5. The van der Waals surface area contributed by atoms with Crippen molar-refractivity contribution in [3.63, 3.8) is 0 Å². The zero-order valence-electron chi connectivity index (χ0n) is 15.4. The summed E-state index contributed by atoms with van der Waals surface area (Å²) in [5.41, 5.74) is 0.0744. The lowest BCUT2D eigenvalue weighted by atomic mass is 9.84. The molecule has 0 bridgehead atoms. The van der Waals surface area contributed by atoms with E-state index in [1.54, 1.807) is 0 Å². The van der Waals surface area contributed by atoms with Crippen LogP contribution in [0.5, 0.6) is 5.75 Å². The summed E-state index contributed by atoms with van der Waals surface area (Å²) in [6, 6.07) is 1.20. The zero-order valence-corrected chi connectivity index (χ0v) is 16.2. The van der Waals surface area contributed by atoms with Crippen molar-refractivity contribution in [3.8, 4) is 5.75 Å². The first-order valence-corrected chi connectivity index (χ1v) is 10.3. The Labute approximate surface area is 164 Å². The number of hydrogen-bond donors (Lipinski definition) is 2. The Kier molecular flexibility index (Phi) is 5.79. The van der Waals surface area contributed by atoms with Crippen LogP contribution in [-0.2, 0) is 22.9 Å². The molecule has 3 rings (SSSR count). The number of benzene rings is 1. The van der Waals surface area contributed by atoms with Crippen LogP contribution < -0.4 is 9.46 Å². The van der Waals surface area contributed by atoms with Crippen LogP contribution in [-0.4, -0.2) is 32.6 Å². The molecule has 0 radical (unpaired) electrons. The van der Waals surface area contributed by atoms with Crippen LogP contribution in [0.1, 0.15) is 24.6 Å². The van der Waals surface area contributed by atoms with Gasteiger partial charge in [-0.3, -0.25) is 4.72 Å². The predicted molar refractivity (Wildman–Crippen MR) is 95.6 cm³/mol. The highest BCUT2D eigenvalue weighted by Gasteiger charge is 2.38. The summed E-state index contributed by atoms with van der Waals surface area (Å²) in [6.45, 7) is -0.559. The first-order chi connectivity index (χ1) is 13.5. The summed E-state index contributed by atoms with van der Waals surface area (Å²) in [4.78, 5) is 2.50. The molecule has 2 N–H and O–H groups in total. The van der Waals surface area contributed by atoms with Gasteiger partial charge in [-0.25, -0.2) is 30.4 Å². The molecule has 5 nitrogen and oxygen atoms in total. The van der Waals surface area contributed by atoms with E-state index in [4.69, 9.17) is 4.74 Å². The summed E-state index contributed by atoms with van der Waals surface area (Å²) >= 11 is 0. The molecule has 0 saturated carbocycles. The van der Waals surface area contributed by atoms with Crippen molar-refractivity contribution in [2.75, 3.05) is 18.0 Å². The van der Waals surface area contributed by atoms with Gasteiger partial charge in [0.05, 0.1) is 5.69 Å². The maximum atomic E-state index is 14.2. The molecule has 0 aliphatic heterocycles. The Morgan fingerprint density at radius 1 is 1.28 bits per heavy atom. The van der Waals surface area contributed by atoms with Gasteiger partial charge in [0.2, 0.25) is 5.92 Å². The van der Waals surface area contributed by atoms with Crippen molar-refractivity contribution in [1.29, 1.82) is 0 Å². The van der Waals surface area contributed by atoms with Gasteiger partial charge in [0.15, 0.2) is 17.4 Å². The number of halogens is 5. The molecule has 160 valence electrons. The maximum absolute atomic E-state index is 14.2. The van der Waals surface area contributed by atoms with Gasteiger partial charge in [0.1, 0.15) is 18.2 Å². The van der Waals surface area contributed by atoms with Crippen molar-refractivity contribution < 1.29 is 35.1 Å². The minimum absolute atomic E-state index is 0.0159. The van der Waals surface area contributed by atoms with Crippen LogP contribution in [0, 0.1) is 17.6 Å². The Morgan fingerprint density at radius 3 is 2.66 bits per heavy atom. The molecule has 1 aromatic heterocycles. The van der Waals surface area contributed by atoms with Gasteiger partial charge < -0.3 is 9.72 Å². The molecular formula is C18H19F5N2O3S. The van der Waals surface area contributed by atoms with Crippen molar-refractivity contribution in [1.82, 2.24) is 4.98 Å². The van der Waals surface area contributed by atoms with Gasteiger partial charge in [0, 0.05) is 29.9 Å². The van der Waals surface area contributed by atoms with Crippen LogP contribution >= 0.6 is 0 Å². The standard InChI is InChI=1S/C18H19F5N2O3S/c1-18(22,23)10-2-3-11-14(6-10)24-9-17(11)29(26,27)25-15-7-13(21)16(8-12(15)20)28-5-4-19/h7-10,24-25H,2-6H2,1H3. The largest absolute Gasteiger partial charge is 0.488 e. The van der Waals surface area contributed by atoms with Gasteiger partial charge in [0.25, 0.3) is 10.0 Å². The van der Waals surface area contributed by atoms with Crippen LogP contribution in [0.15, 0.2) is 23.2 Å². The Balaban J connectivity index is 1.85. The fourth-order valence-corrected chi connectivity index (χ4v) is 4.66. The summed E-state index contributed by atoms with van der Waals surface area (Å²) in [6.07, 6.45) is 1.34. The number of hydrogen-bond acceptors (Lipinski definition) is 3. The van der Waals surface area contributed by atoms with Crippen LogP contribution in [0.25, 0.3) is 0 Å². The van der Waals surface area contributed by atoms with E-state index >= 15 is 0 Å². The number of aromatic amines is 1. The van der Waals surface area contributed by atoms with Crippen molar-refractivity contribution in [3.05, 3.63) is 41.2 Å². The third kappa shape index (κ3) is 4.49. The quantitative estimate of drug-likeness (QED) is 0.637. The highest BCUT2D eigenvalue weighted by Crippen LogP contribution is 2.38. The Morgan fingerprint density at radius 2 is 2.00 bits per heavy atom. The van der Waals surface area contributed by atoms with Crippen molar-refractivity contribution in [2.45, 2.75) is 37.0 Å². The fraction of sp³-hybridized carbons (Fsp3) is 0.444. The molecule has 11 heteroatoms. The van der Waals surface area contributed by atoms with Crippen molar-refractivity contribution >= 4 is 15.7 Å². The molecule has 0 amide bonds. The summed E-state index contributed by atoms with van der Waals surface area (Å²) in [5, 5.41) is 0. The number of aromatic nitrogens is 1. The Bertz CT molecular complexity index is 1000. The minimum Gasteiger partial charge on any atom is -0.488 e. The van der Waals surface area contributed by atoms with Crippen LogP contribution in [0.4, 0.5) is 27.6 Å². The summed E-state index contributed by atoms with van der Waals surface area (Å²) in [5.74, 6) is -6.54. The zero-order chi connectivity index (χ0) is 21.4. The van der Waals surface area contributed by atoms with Gasteiger partial charge in [-0.1, -0.05) is 0 Å². The van der Waals surface area contributed by atoms with Crippen molar-refractivity contribution in [2.24, 2.45) is 5.92 Å². The lowest BCUT2D eigenvalue weighted by molar-refractivity contribution is -0.0448. The molecule has 1 aliphatic rings. The van der Waals surface area contributed by atoms with Gasteiger partial charge in [-0.2, -0.15) is 0 Å². The first-order valence-electron chi connectivity index (χ1n) is 8.80. The van der Waals surface area contributed by atoms with Gasteiger partial charge in [-0.15, -0.1) is 0 Å². The number of nitrogens with one attached hydrogen (secondary N) is 2. The highest BCUT2D eigenvalue weighted by atomic mass is 32.2. The SMILES string of the molecule is CC(F)(F)C1CCc2c(S(=O)(=O)Nc3cc(F)c(OCCF)cc3F)c[nH]c2C1. The van der Waals surface area contributed by atoms with Crippen LogP contribution in [0.3, 0.4) is 0 Å². The predicted octanol–water partition coefficient (Wildman–Crippen LogP) is 4.20. The third-order valence-corrected chi connectivity index (χ3v) is 6.27. The van der Waals surface area contributed by atoms with E-state index in [9.17, 15) is 30.4 Å². The number of rotatable bonds is 7. The van der Waals surface area contributed by atoms with Gasteiger partial charge in [-0.05, 0) is 31.7 Å². The number of anilines is 1. The molecule has 0 fully saturated rings. The van der Waals surface area contributed by atoms with E-state index < -0.39 is 58.2 Å². The van der Waals surface area contributed by atoms with E-state index in [0.29, 0.717) is 23.4 Å². The molecule has 0 spiro atoms. The average Bonchev–Trinajstić information content (AvgIpc) is 3.06. The highest BCUT2D eigenvalue weighted by molar-refractivity contribution is 7.92. The molecule has 0 saturated heterocycles. The summed E-state index contributed by atoms with van der Waals surface area (Å²) in [7, 11) is -4.31. The average molecular weight is 438 g/mol. The van der Waals surface area contributed by atoms with Gasteiger partial charge >= 0.3 is 0 Å². The number of sulfonamides is 1. The van der Waals surface area contributed by atoms with E-state index in [-0.39, 0.29) is 24.2 Å². The molecule has 29 heavy (non-hydrogen) atoms. The van der Waals surface area contributed by atoms with E-state index in [1.165, 1.54) is 0 Å². The number of ether oxygens (including phenoxy) is 1. The number of H-pyrrole nitrogens is 1. The second-order valence-electron chi connectivity index (χ2n) is 6.91. The third-order valence-electron chi connectivity index (χ3n) is 4.84. The number of fused-ring (bicyclic) bond motifs is 1. The molecule has 1 aromatic carbocycles. The molecule has 1 aliphatic carbocycles. The van der Waals surface area contributed by atoms with E-state index in [2.05, 4.69) is 4.98 Å².